The molecule has 0 unspecified atom stereocenters. The van der Waals surface area contributed by atoms with E-state index in [4.69, 9.17) is 14.9 Å². The molecule has 0 radical (unpaired) electrons. The number of benzene rings is 1. The Morgan fingerprint density at radius 3 is 2.62 bits per heavy atom. The number of nitrogen functional groups attached to an aromatic ring is 1. The van der Waals surface area contributed by atoms with E-state index in [1.807, 2.05) is 24.3 Å². The highest BCUT2D eigenvalue weighted by Gasteiger charge is 2.13. The predicted octanol–water partition coefficient (Wildman–Crippen LogP) is 1.98. The number of hydrogen-bond acceptors (Lipinski definition) is 5. The summed E-state index contributed by atoms with van der Waals surface area (Å²) in [5, 5.41) is 2.90. The second-order valence-corrected chi connectivity index (χ2v) is 5.85. The van der Waals surface area contributed by atoms with Gasteiger partial charge in [-0.3, -0.25) is 9.69 Å². The number of nitrogens with two attached hydrogens (primary N) is 1. The van der Waals surface area contributed by atoms with Crippen molar-refractivity contribution in [2.45, 2.75) is 6.42 Å². The number of nitrogens with one attached hydrogen (secondary N) is 1. The molecule has 0 spiro atoms. The Morgan fingerprint density at radius 2 is 1.88 bits per heavy atom. The molecule has 6 nitrogen and oxygen atoms in total. The molecule has 3 rings (SSSR count). The first-order valence-corrected chi connectivity index (χ1v) is 8.26. The van der Waals surface area contributed by atoms with Crippen molar-refractivity contribution in [3.63, 3.8) is 0 Å². The third-order valence-corrected chi connectivity index (χ3v) is 4.07. The second-order valence-electron chi connectivity index (χ2n) is 5.85. The van der Waals surface area contributed by atoms with Gasteiger partial charge < -0.3 is 20.2 Å². The van der Waals surface area contributed by atoms with E-state index >= 15 is 0 Å². The Labute approximate surface area is 141 Å². The van der Waals surface area contributed by atoms with E-state index in [1.54, 1.807) is 12.1 Å². The summed E-state index contributed by atoms with van der Waals surface area (Å²) >= 11 is 0. The van der Waals surface area contributed by atoms with Crippen molar-refractivity contribution in [3.05, 3.63) is 42.2 Å². The lowest BCUT2D eigenvalue weighted by Crippen LogP contribution is -2.38. The van der Waals surface area contributed by atoms with Gasteiger partial charge in [0.2, 0.25) is 0 Å². The SMILES string of the molecule is Nc1ccc(-c2ccc(C(=O)NCCCN3CCOCC3)o2)cc1. The number of morpholine rings is 1. The molecule has 6 heteroatoms. The lowest BCUT2D eigenvalue weighted by atomic mass is 10.1. The first-order chi connectivity index (χ1) is 11.7. The quantitative estimate of drug-likeness (QED) is 0.626. The number of amides is 1. The normalized spacial score (nSPS) is 15.3. The van der Waals surface area contributed by atoms with Crippen molar-refractivity contribution in [3.8, 4) is 11.3 Å². The van der Waals surface area contributed by atoms with Gasteiger partial charge in [-0.2, -0.15) is 0 Å². The molecule has 0 saturated carbocycles. The van der Waals surface area contributed by atoms with Crippen molar-refractivity contribution in [1.82, 2.24) is 10.2 Å². The Morgan fingerprint density at radius 1 is 1.12 bits per heavy atom. The number of furan rings is 1. The zero-order chi connectivity index (χ0) is 16.8. The van der Waals surface area contributed by atoms with Gasteiger partial charge in [-0.25, -0.2) is 0 Å². The molecule has 2 heterocycles. The van der Waals surface area contributed by atoms with E-state index in [0.29, 0.717) is 23.8 Å². The molecule has 128 valence electrons. The molecule has 2 aromatic rings. The summed E-state index contributed by atoms with van der Waals surface area (Å²) in [7, 11) is 0. The van der Waals surface area contributed by atoms with Gasteiger partial charge in [0.25, 0.3) is 5.91 Å². The molecule has 1 aliphatic heterocycles. The summed E-state index contributed by atoms with van der Waals surface area (Å²) in [4.78, 5) is 14.5. The summed E-state index contributed by atoms with van der Waals surface area (Å²) in [6.45, 7) is 5.14. The van der Waals surface area contributed by atoms with Crippen LogP contribution in [0.25, 0.3) is 11.3 Å². The smallest absolute Gasteiger partial charge is 0.287 e. The minimum atomic E-state index is -0.182. The highest BCUT2D eigenvalue weighted by atomic mass is 16.5. The number of anilines is 1. The van der Waals surface area contributed by atoms with Crippen LogP contribution in [-0.2, 0) is 4.74 Å². The molecule has 1 aromatic heterocycles. The molecule has 24 heavy (non-hydrogen) atoms. The largest absolute Gasteiger partial charge is 0.451 e. The minimum Gasteiger partial charge on any atom is -0.451 e. The van der Waals surface area contributed by atoms with E-state index in [-0.39, 0.29) is 5.91 Å². The van der Waals surface area contributed by atoms with Crippen LogP contribution >= 0.6 is 0 Å². The van der Waals surface area contributed by atoms with Gasteiger partial charge in [-0.05, 0) is 49.4 Å². The molecule has 0 aliphatic carbocycles. The molecular formula is C18H23N3O3. The molecule has 1 aliphatic rings. The number of rotatable bonds is 6. The fourth-order valence-corrected chi connectivity index (χ4v) is 2.68. The highest BCUT2D eigenvalue weighted by Crippen LogP contribution is 2.23. The Hall–Kier alpha value is -2.31. The lowest BCUT2D eigenvalue weighted by molar-refractivity contribution is 0.0374. The summed E-state index contributed by atoms with van der Waals surface area (Å²) in [5.41, 5.74) is 7.27. The Bertz CT molecular complexity index is 660. The van der Waals surface area contributed by atoms with E-state index in [0.717, 1.165) is 44.8 Å². The van der Waals surface area contributed by atoms with Crippen LogP contribution in [0.1, 0.15) is 17.0 Å². The monoisotopic (exact) mass is 329 g/mol. The summed E-state index contributed by atoms with van der Waals surface area (Å²) in [6, 6.07) is 10.9. The number of nitrogens with zero attached hydrogens (tertiary/aromatic N) is 1. The number of carbonyl (C=O) groups excluding carboxylic acids is 1. The summed E-state index contributed by atoms with van der Waals surface area (Å²) in [5.74, 6) is 0.806. The molecule has 1 aromatic carbocycles. The van der Waals surface area contributed by atoms with E-state index in [1.165, 1.54) is 0 Å². The molecule has 1 saturated heterocycles. The highest BCUT2D eigenvalue weighted by molar-refractivity contribution is 5.92. The average Bonchev–Trinajstić information content (AvgIpc) is 3.10. The lowest BCUT2D eigenvalue weighted by Gasteiger charge is -2.26. The van der Waals surface area contributed by atoms with Gasteiger partial charge in [0.05, 0.1) is 13.2 Å². The van der Waals surface area contributed by atoms with Crippen LogP contribution in [0.15, 0.2) is 40.8 Å². The van der Waals surface area contributed by atoms with Gasteiger partial charge in [0, 0.05) is 30.9 Å². The van der Waals surface area contributed by atoms with Crippen LogP contribution in [0.4, 0.5) is 5.69 Å². The number of carbonyl (C=O) groups is 1. The third kappa shape index (κ3) is 4.37. The van der Waals surface area contributed by atoms with Gasteiger partial charge in [-0.1, -0.05) is 0 Å². The topological polar surface area (TPSA) is 80.7 Å². The third-order valence-electron chi connectivity index (χ3n) is 4.07. The Balaban J connectivity index is 1.46. The average molecular weight is 329 g/mol. The maximum absolute atomic E-state index is 12.1. The van der Waals surface area contributed by atoms with E-state index in [9.17, 15) is 4.79 Å². The van der Waals surface area contributed by atoms with Crippen molar-refractivity contribution < 1.29 is 13.9 Å². The number of hydrogen-bond donors (Lipinski definition) is 2. The van der Waals surface area contributed by atoms with Gasteiger partial charge in [0.1, 0.15) is 5.76 Å². The second kappa shape index (κ2) is 7.99. The van der Waals surface area contributed by atoms with Crippen molar-refractivity contribution in [1.29, 1.82) is 0 Å². The molecular weight excluding hydrogens is 306 g/mol. The van der Waals surface area contributed by atoms with Crippen LogP contribution in [0, 0.1) is 0 Å². The maximum Gasteiger partial charge on any atom is 0.287 e. The molecule has 1 amide bonds. The molecule has 0 bridgehead atoms. The molecule has 0 atom stereocenters. The summed E-state index contributed by atoms with van der Waals surface area (Å²) in [6.07, 6.45) is 0.914. The Kier molecular flexibility index (Phi) is 5.51. The number of ether oxygens (including phenoxy) is 1. The van der Waals surface area contributed by atoms with E-state index < -0.39 is 0 Å². The predicted molar refractivity (Wildman–Crippen MR) is 92.8 cm³/mol. The zero-order valence-corrected chi connectivity index (χ0v) is 13.7. The van der Waals surface area contributed by atoms with Crippen LogP contribution < -0.4 is 11.1 Å². The van der Waals surface area contributed by atoms with Gasteiger partial charge in [-0.15, -0.1) is 0 Å². The molecule has 3 N–H and O–H groups in total. The first-order valence-electron chi connectivity index (χ1n) is 8.26. The van der Waals surface area contributed by atoms with Crippen LogP contribution in [0.2, 0.25) is 0 Å². The van der Waals surface area contributed by atoms with Crippen molar-refractivity contribution in [2.24, 2.45) is 0 Å². The van der Waals surface area contributed by atoms with Crippen LogP contribution in [-0.4, -0.2) is 50.2 Å². The van der Waals surface area contributed by atoms with Crippen LogP contribution in [0.3, 0.4) is 0 Å². The van der Waals surface area contributed by atoms with Gasteiger partial charge in [0.15, 0.2) is 5.76 Å². The first kappa shape index (κ1) is 16.5. The van der Waals surface area contributed by atoms with Crippen LogP contribution in [0.5, 0.6) is 0 Å². The fourth-order valence-electron chi connectivity index (χ4n) is 2.68. The van der Waals surface area contributed by atoms with E-state index in [2.05, 4.69) is 10.2 Å². The zero-order valence-electron chi connectivity index (χ0n) is 13.7. The van der Waals surface area contributed by atoms with Gasteiger partial charge >= 0.3 is 0 Å². The fraction of sp³-hybridized carbons (Fsp3) is 0.389. The van der Waals surface area contributed by atoms with Crippen molar-refractivity contribution in [2.75, 3.05) is 45.1 Å². The summed E-state index contributed by atoms with van der Waals surface area (Å²) < 4.78 is 11.0. The van der Waals surface area contributed by atoms with Crippen molar-refractivity contribution >= 4 is 11.6 Å². The minimum absolute atomic E-state index is 0.182. The molecule has 1 fully saturated rings. The standard InChI is InChI=1S/C18H23N3O3/c19-15-4-2-14(3-5-15)16-6-7-17(24-16)18(22)20-8-1-9-21-10-12-23-13-11-21/h2-7H,1,8-13,19H2,(H,20,22). The maximum atomic E-state index is 12.1.